The molecule has 0 aromatic heterocycles. The summed E-state index contributed by atoms with van der Waals surface area (Å²) in [5, 5.41) is 0. The molecule has 1 fully saturated rings. The van der Waals surface area contributed by atoms with E-state index in [4.69, 9.17) is 0 Å². The van der Waals surface area contributed by atoms with Crippen LogP contribution >= 0.6 is 0 Å². The topological polar surface area (TPSA) is 20.3 Å². The number of hydrogen-bond acceptors (Lipinski definition) is 1. The number of amides is 1. The van der Waals surface area contributed by atoms with Gasteiger partial charge in [-0.2, -0.15) is 0 Å². The Labute approximate surface area is 68.6 Å². The van der Waals surface area contributed by atoms with E-state index >= 15 is 0 Å². The predicted molar refractivity (Wildman–Crippen MR) is 45.3 cm³/mol. The van der Waals surface area contributed by atoms with E-state index in [9.17, 15) is 4.79 Å². The minimum absolute atomic E-state index is 0.345. The molecular weight excluding hydrogens is 138 g/mol. The van der Waals surface area contributed by atoms with Crippen molar-refractivity contribution in [3.05, 3.63) is 0 Å². The van der Waals surface area contributed by atoms with Crippen LogP contribution in [0.25, 0.3) is 0 Å². The van der Waals surface area contributed by atoms with Crippen LogP contribution in [0.15, 0.2) is 0 Å². The SMILES string of the molecule is CC(C)CC(=O)N1CCCC1. The van der Waals surface area contributed by atoms with Crippen LogP contribution in [0.4, 0.5) is 0 Å². The molecule has 0 aromatic rings. The van der Waals surface area contributed by atoms with Crippen molar-refractivity contribution < 1.29 is 4.79 Å². The highest BCUT2D eigenvalue weighted by molar-refractivity contribution is 5.76. The van der Waals surface area contributed by atoms with Crippen LogP contribution in [0.5, 0.6) is 0 Å². The average molecular weight is 155 g/mol. The summed E-state index contributed by atoms with van der Waals surface area (Å²) in [4.78, 5) is 13.4. The van der Waals surface area contributed by atoms with E-state index in [1.165, 1.54) is 12.8 Å². The van der Waals surface area contributed by atoms with Crippen molar-refractivity contribution in [3.8, 4) is 0 Å². The van der Waals surface area contributed by atoms with E-state index in [0.717, 1.165) is 19.5 Å². The lowest BCUT2D eigenvalue weighted by molar-refractivity contribution is -0.130. The van der Waals surface area contributed by atoms with Gasteiger partial charge < -0.3 is 4.90 Å². The highest BCUT2D eigenvalue weighted by atomic mass is 16.2. The summed E-state index contributed by atoms with van der Waals surface area (Å²) in [5.74, 6) is 0.848. The van der Waals surface area contributed by atoms with Gasteiger partial charge in [0.1, 0.15) is 0 Å². The molecule has 0 atom stereocenters. The van der Waals surface area contributed by atoms with Crippen LogP contribution in [0, 0.1) is 5.92 Å². The lowest BCUT2D eigenvalue weighted by Crippen LogP contribution is -2.28. The van der Waals surface area contributed by atoms with Gasteiger partial charge in [-0.1, -0.05) is 13.8 Å². The van der Waals surface area contributed by atoms with Crippen LogP contribution in [-0.2, 0) is 4.79 Å². The van der Waals surface area contributed by atoms with E-state index in [1.54, 1.807) is 0 Å². The number of carbonyl (C=O) groups excluding carboxylic acids is 1. The Morgan fingerprint density at radius 2 is 1.91 bits per heavy atom. The van der Waals surface area contributed by atoms with E-state index in [2.05, 4.69) is 13.8 Å². The van der Waals surface area contributed by atoms with Crippen LogP contribution in [0.1, 0.15) is 33.1 Å². The van der Waals surface area contributed by atoms with Crippen molar-refractivity contribution in [1.29, 1.82) is 0 Å². The van der Waals surface area contributed by atoms with Gasteiger partial charge in [0, 0.05) is 19.5 Å². The van der Waals surface area contributed by atoms with Crippen molar-refractivity contribution in [2.45, 2.75) is 33.1 Å². The molecule has 1 amide bonds. The van der Waals surface area contributed by atoms with Crippen molar-refractivity contribution in [3.63, 3.8) is 0 Å². The Kier molecular flexibility index (Phi) is 2.92. The first kappa shape index (κ1) is 8.57. The first-order valence-corrected chi connectivity index (χ1v) is 4.48. The number of carbonyl (C=O) groups is 1. The second kappa shape index (κ2) is 3.74. The fourth-order valence-corrected chi connectivity index (χ4v) is 1.44. The second-order valence-corrected chi connectivity index (χ2v) is 3.69. The molecule has 0 aromatic carbocycles. The summed E-state index contributed by atoms with van der Waals surface area (Å²) in [6.45, 7) is 6.17. The van der Waals surface area contributed by atoms with Gasteiger partial charge in [0.2, 0.25) is 5.91 Å². The maximum Gasteiger partial charge on any atom is 0.222 e. The van der Waals surface area contributed by atoms with E-state index in [0.29, 0.717) is 11.8 Å². The van der Waals surface area contributed by atoms with Crippen LogP contribution < -0.4 is 0 Å². The van der Waals surface area contributed by atoms with Crippen molar-refractivity contribution in [2.24, 2.45) is 5.92 Å². The second-order valence-electron chi connectivity index (χ2n) is 3.69. The summed E-state index contributed by atoms with van der Waals surface area (Å²) < 4.78 is 0. The molecule has 1 heterocycles. The molecule has 0 saturated carbocycles. The lowest BCUT2D eigenvalue weighted by atomic mass is 10.1. The molecule has 0 spiro atoms. The maximum atomic E-state index is 11.4. The van der Waals surface area contributed by atoms with E-state index in [-0.39, 0.29) is 0 Å². The Morgan fingerprint density at radius 1 is 1.36 bits per heavy atom. The third-order valence-corrected chi connectivity index (χ3v) is 2.04. The molecule has 0 N–H and O–H groups in total. The third-order valence-electron chi connectivity index (χ3n) is 2.04. The van der Waals surface area contributed by atoms with Gasteiger partial charge in [-0.15, -0.1) is 0 Å². The Hall–Kier alpha value is -0.530. The average Bonchev–Trinajstić information content (AvgIpc) is 2.35. The van der Waals surface area contributed by atoms with E-state index < -0.39 is 0 Å². The van der Waals surface area contributed by atoms with Crippen LogP contribution in [-0.4, -0.2) is 23.9 Å². The lowest BCUT2D eigenvalue weighted by Gasteiger charge is -2.16. The van der Waals surface area contributed by atoms with Gasteiger partial charge in [-0.05, 0) is 18.8 Å². The minimum Gasteiger partial charge on any atom is -0.343 e. The van der Waals surface area contributed by atoms with Gasteiger partial charge in [-0.25, -0.2) is 0 Å². The Bertz CT molecular complexity index is 136. The number of likely N-dealkylation sites (tertiary alicyclic amines) is 1. The smallest absolute Gasteiger partial charge is 0.222 e. The molecule has 2 heteroatoms. The minimum atomic E-state index is 0.345. The fraction of sp³-hybridized carbons (Fsp3) is 0.889. The van der Waals surface area contributed by atoms with Crippen molar-refractivity contribution >= 4 is 5.91 Å². The molecule has 0 bridgehead atoms. The highest BCUT2D eigenvalue weighted by Gasteiger charge is 2.17. The molecule has 64 valence electrons. The molecule has 11 heavy (non-hydrogen) atoms. The summed E-state index contributed by atoms with van der Waals surface area (Å²) in [6.07, 6.45) is 3.12. The molecule has 1 rings (SSSR count). The van der Waals surface area contributed by atoms with Gasteiger partial charge in [0.25, 0.3) is 0 Å². The molecule has 1 aliphatic heterocycles. The molecule has 1 saturated heterocycles. The van der Waals surface area contributed by atoms with Crippen LogP contribution in [0.2, 0.25) is 0 Å². The van der Waals surface area contributed by atoms with Gasteiger partial charge in [-0.3, -0.25) is 4.79 Å². The summed E-state index contributed by atoms with van der Waals surface area (Å²) in [7, 11) is 0. The van der Waals surface area contributed by atoms with Crippen molar-refractivity contribution in [1.82, 2.24) is 4.90 Å². The first-order valence-electron chi connectivity index (χ1n) is 4.48. The zero-order valence-corrected chi connectivity index (χ0v) is 7.47. The quantitative estimate of drug-likeness (QED) is 0.594. The molecular formula is C9H17NO. The zero-order chi connectivity index (χ0) is 8.27. The third kappa shape index (κ3) is 2.52. The summed E-state index contributed by atoms with van der Waals surface area (Å²) in [5.41, 5.74) is 0. The number of hydrogen-bond donors (Lipinski definition) is 0. The number of nitrogens with zero attached hydrogens (tertiary/aromatic N) is 1. The van der Waals surface area contributed by atoms with Crippen molar-refractivity contribution in [2.75, 3.05) is 13.1 Å². The normalized spacial score (nSPS) is 17.9. The van der Waals surface area contributed by atoms with Gasteiger partial charge in [0.05, 0.1) is 0 Å². The maximum absolute atomic E-state index is 11.4. The highest BCUT2D eigenvalue weighted by Crippen LogP contribution is 2.11. The van der Waals surface area contributed by atoms with Gasteiger partial charge >= 0.3 is 0 Å². The molecule has 1 aliphatic rings. The fourth-order valence-electron chi connectivity index (χ4n) is 1.44. The predicted octanol–water partition coefficient (Wildman–Crippen LogP) is 1.65. The standard InChI is InChI=1S/C9H17NO/c1-8(2)7-9(11)10-5-3-4-6-10/h8H,3-7H2,1-2H3. The molecule has 0 aliphatic carbocycles. The summed E-state index contributed by atoms with van der Waals surface area (Å²) in [6, 6.07) is 0. The Balaban J connectivity index is 2.28. The molecule has 0 radical (unpaired) electrons. The largest absolute Gasteiger partial charge is 0.343 e. The summed E-state index contributed by atoms with van der Waals surface area (Å²) >= 11 is 0. The van der Waals surface area contributed by atoms with Crippen LogP contribution in [0.3, 0.4) is 0 Å². The monoisotopic (exact) mass is 155 g/mol. The van der Waals surface area contributed by atoms with E-state index in [1.807, 2.05) is 4.90 Å². The molecule has 2 nitrogen and oxygen atoms in total. The Morgan fingerprint density at radius 3 is 2.36 bits per heavy atom. The first-order chi connectivity index (χ1) is 5.20. The molecule has 0 unspecified atom stereocenters. The van der Waals surface area contributed by atoms with Gasteiger partial charge in [0.15, 0.2) is 0 Å². The number of rotatable bonds is 2. The zero-order valence-electron chi connectivity index (χ0n) is 7.47.